The van der Waals surface area contributed by atoms with E-state index >= 15 is 0 Å². The molecule has 2 rings (SSSR count). The lowest BCUT2D eigenvalue weighted by Gasteiger charge is -2.21. The number of carbonyl (C=O) groups is 2. The monoisotopic (exact) mass is 452 g/mol. The van der Waals surface area contributed by atoms with Crippen molar-refractivity contribution in [3.8, 4) is 0 Å². The maximum absolute atomic E-state index is 12.6. The second-order valence-corrected chi connectivity index (χ2v) is 9.95. The van der Waals surface area contributed by atoms with Gasteiger partial charge in [0.25, 0.3) is 5.91 Å². The number of hydrogen-bond donors (Lipinski definition) is 2. The Hall–Kier alpha value is -2.42. The highest BCUT2D eigenvalue weighted by Gasteiger charge is 2.25. The molecule has 0 aliphatic rings. The van der Waals surface area contributed by atoms with Gasteiger partial charge in [-0.1, -0.05) is 29.8 Å². The molecule has 2 N–H and O–H groups in total. The lowest BCUT2D eigenvalue weighted by molar-refractivity contribution is -0.119. The summed E-state index contributed by atoms with van der Waals surface area (Å²) in [5.74, 6) is -1.34. The number of ether oxygens (including phenoxy) is 1. The summed E-state index contributed by atoms with van der Waals surface area (Å²) in [6, 6.07) is 9.35. The van der Waals surface area contributed by atoms with Gasteiger partial charge in [0.15, 0.2) is 6.61 Å². The Bertz CT molecular complexity index is 1060. The molecule has 0 spiro atoms. The molecule has 0 radical (unpaired) electrons. The summed E-state index contributed by atoms with van der Waals surface area (Å²) in [7, 11) is -3.96. The van der Waals surface area contributed by atoms with Crippen LogP contribution >= 0.6 is 11.6 Å². The van der Waals surface area contributed by atoms with Gasteiger partial charge in [-0.05, 0) is 63.9 Å². The lowest BCUT2D eigenvalue weighted by atomic mass is 10.1. The van der Waals surface area contributed by atoms with E-state index in [-0.39, 0.29) is 15.5 Å². The molecule has 0 saturated carbocycles. The maximum Gasteiger partial charge on any atom is 0.338 e. The molecule has 7 nitrogen and oxygen atoms in total. The molecule has 1 amide bonds. The van der Waals surface area contributed by atoms with Crippen LogP contribution in [0.3, 0.4) is 0 Å². The van der Waals surface area contributed by atoms with E-state index in [1.807, 2.05) is 32.0 Å². The molecule has 0 bridgehead atoms. The van der Waals surface area contributed by atoms with E-state index in [2.05, 4.69) is 10.0 Å². The van der Waals surface area contributed by atoms with Gasteiger partial charge in [-0.25, -0.2) is 17.9 Å². The topological polar surface area (TPSA) is 102 Å². The van der Waals surface area contributed by atoms with Crippen LogP contribution in [0, 0.1) is 13.8 Å². The number of amides is 1. The van der Waals surface area contributed by atoms with Crippen LogP contribution in [-0.2, 0) is 19.6 Å². The summed E-state index contributed by atoms with van der Waals surface area (Å²) >= 11 is 6.03. The van der Waals surface area contributed by atoms with Crippen LogP contribution in [0.4, 0.5) is 5.69 Å². The fourth-order valence-electron chi connectivity index (χ4n) is 2.70. The number of halogens is 1. The number of carbonyl (C=O) groups excluding carboxylic acids is 2. The van der Waals surface area contributed by atoms with Gasteiger partial charge >= 0.3 is 5.97 Å². The van der Waals surface area contributed by atoms with Crippen molar-refractivity contribution >= 4 is 39.2 Å². The first-order valence-electron chi connectivity index (χ1n) is 9.17. The molecule has 0 atom stereocenters. The van der Waals surface area contributed by atoms with Gasteiger partial charge in [-0.15, -0.1) is 0 Å². The lowest BCUT2D eigenvalue weighted by Crippen LogP contribution is -2.40. The van der Waals surface area contributed by atoms with Crippen LogP contribution in [0.2, 0.25) is 5.02 Å². The highest BCUT2D eigenvalue weighted by atomic mass is 35.5. The van der Waals surface area contributed by atoms with Crippen LogP contribution in [0.1, 0.15) is 42.3 Å². The summed E-state index contributed by atoms with van der Waals surface area (Å²) < 4.78 is 32.6. The van der Waals surface area contributed by atoms with Gasteiger partial charge < -0.3 is 10.1 Å². The van der Waals surface area contributed by atoms with E-state index in [1.165, 1.54) is 12.1 Å². The number of aryl methyl sites for hydroxylation is 2. The maximum atomic E-state index is 12.6. The molecule has 162 valence electrons. The minimum Gasteiger partial charge on any atom is -0.452 e. The molecular formula is C21H25ClN2O5S. The third-order valence-corrected chi connectivity index (χ3v) is 6.22. The van der Waals surface area contributed by atoms with E-state index < -0.39 is 34.0 Å². The van der Waals surface area contributed by atoms with Gasteiger partial charge in [0, 0.05) is 11.2 Å². The molecule has 0 saturated heterocycles. The second-order valence-electron chi connectivity index (χ2n) is 7.89. The molecule has 2 aromatic rings. The normalized spacial score (nSPS) is 11.8. The average molecular weight is 453 g/mol. The standard InChI is InChI=1S/C21H25ClN2O5S/c1-13-7-6-8-14(2)19(13)23-18(25)12-29-20(26)15-9-10-16(22)17(11-15)30(27,28)24-21(3,4)5/h6-11,24H,12H2,1-5H3,(H,23,25). The van der Waals surface area contributed by atoms with Crippen molar-refractivity contribution in [2.45, 2.75) is 45.1 Å². The molecule has 0 fully saturated rings. The van der Waals surface area contributed by atoms with Crippen LogP contribution in [0.25, 0.3) is 0 Å². The zero-order chi connectivity index (χ0) is 22.7. The summed E-state index contributed by atoms with van der Waals surface area (Å²) in [5, 5.41) is 2.68. The second kappa shape index (κ2) is 9.16. The third kappa shape index (κ3) is 6.29. The first-order chi connectivity index (χ1) is 13.8. The number of nitrogens with one attached hydrogen (secondary N) is 2. The number of esters is 1. The molecule has 0 aliphatic carbocycles. The van der Waals surface area contributed by atoms with Gasteiger partial charge in [0.05, 0.1) is 10.6 Å². The summed E-state index contributed by atoms with van der Waals surface area (Å²) in [6.45, 7) is 8.26. The highest BCUT2D eigenvalue weighted by molar-refractivity contribution is 7.89. The third-order valence-electron chi connectivity index (χ3n) is 3.98. The smallest absolute Gasteiger partial charge is 0.338 e. The molecule has 9 heteroatoms. The number of benzene rings is 2. The van der Waals surface area contributed by atoms with E-state index in [0.29, 0.717) is 5.69 Å². The Labute approximate surface area is 181 Å². The zero-order valence-corrected chi connectivity index (χ0v) is 19.1. The van der Waals surface area contributed by atoms with Crippen molar-refractivity contribution in [1.29, 1.82) is 0 Å². The van der Waals surface area contributed by atoms with E-state index in [0.717, 1.165) is 17.2 Å². The quantitative estimate of drug-likeness (QED) is 0.648. The zero-order valence-electron chi connectivity index (χ0n) is 17.5. The number of sulfonamides is 1. The molecule has 30 heavy (non-hydrogen) atoms. The fraction of sp³-hybridized carbons (Fsp3) is 0.333. The van der Waals surface area contributed by atoms with Crippen LogP contribution in [0.15, 0.2) is 41.3 Å². The Morgan fingerprint density at radius 2 is 1.67 bits per heavy atom. The fourth-order valence-corrected chi connectivity index (χ4v) is 4.64. The van der Waals surface area contributed by atoms with Crippen LogP contribution < -0.4 is 10.0 Å². The first kappa shape index (κ1) is 23.9. The number of anilines is 1. The summed E-state index contributed by atoms with van der Waals surface area (Å²) in [4.78, 5) is 24.3. The molecule has 0 aromatic heterocycles. The Morgan fingerprint density at radius 3 is 2.23 bits per heavy atom. The summed E-state index contributed by atoms with van der Waals surface area (Å²) in [5.41, 5.74) is 1.66. The average Bonchev–Trinajstić information content (AvgIpc) is 2.61. The predicted octanol–water partition coefficient (Wildman–Crippen LogP) is 3.83. The Balaban J connectivity index is 2.12. The van der Waals surface area contributed by atoms with Crippen molar-refractivity contribution < 1.29 is 22.7 Å². The molecule has 0 heterocycles. The van der Waals surface area contributed by atoms with Gasteiger partial charge in [-0.3, -0.25) is 4.79 Å². The number of hydrogen-bond acceptors (Lipinski definition) is 5. The predicted molar refractivity (Wildman–Crippen MR) is 116 cm³/mol. The molecule has 0 unspecified atom stereocenters. The molecular weight excluding hydrogens is 428 g/mol. The SMILES string of the molecule is Cc1cccc(C)c1NC(=O)COC(=O)c1ccc(Cl)c(S(=O)(=O)NC(C)(C)C)c1. The van der Waals surface area contributed by atoms with Crippen LogP contribution in [0.5, 0.6) is 0 Å². The summed E-state index contributed by atoms with van der Waals surface area (Å²) in [6.07, 6.45) is 0. The molecule has 2 aromatic carbocycles. The van der Waals surface area contributed by atoms with Gasteiger partial charge in [0.2, 0.25) is 10.0 Å². The van der Waals surface area contributed by atoms with Crippen molar-refractivity contribution in [3.63, 3.8) is 0 Å². The highest BCUT2D eigenvalue weighted by Crippen LogP contribution is 2.24. The van der Waals surface area contributed by atoms with E-state index in [1.54, 1.807) is 20.8 Å². The minimum atomic E-state index is -3.96. The largest absolute Gasteiger partial charge is 0.452 e. The van der Waals surface area contributed by atoms with Crippen molar-refractivity contribution in [1.82, 2.24) is 4.72 Å². The van der Waals surface area contributed by atoms with Crippen molar-refractivity contribution in [2.24, 2.45) is 0 Å². The van der Waals surface area contributed by atoms with Crippen molar-refractivity contribution in [3.05, 3.63) is 58.1 Å². The number of para-hydroxylation sites is 1. The Morgan fingerprint density at radius 1 is 1.07 bits per heavy atom. The van der Waals surface area contributed by atoms with E-state index in [4.69, 9.17) is 16.3 Å². The molecule has 0 aliphatic heterocycles. The van der Waals surface area contributed by atoms with Gasteiger partial charge in [0.1, 0.15) is 4.90 Å². The number of rotatable bonds is 6. The first-order valence-corrected chi connectivity index (χ1v) is 11.0. The van der Waals surface area contributed by atoms with E-state index in [9.17, 15) is 18.0 Å². The van der Waals surface area contributed by atoms with Gasteiger partial charge in [-0.2, -0.15) is 0 Å². The minimum absolute atomic E-state index is 0.0314. The van der Waals surface area contributed by atoms with Crippen LogP contribution in [-0.4, -0.2) is 32.4 Å². The Kier molecular flexibility index (Phi) is 7.28. The van der Waals surface area contributed by atoms with Crippen molar-refractivity contribution in [2.75, 3.05) is 11.9 Å².